The zero-order valence-corrected chi connectivity index (χ0v) is 16.4. The van der Waals surface area contributed by atoms with Gasteiger partial charge in [-0.1, -0.05) is 0 Å². The van der Waals surface area contributed by atoms with Crippen molar-refractivity contribution < 1.29 is 12.8 Å². The van der Waals surface area contributed by atoms with E-state index in [2.05, 4.69) is 24.8 Å². The number of aliphatic imine (C=N–C) groups is 1. The summed E-state index contributed by atoms with van der Waals surface area (Å²) in [5.74, 6) is 0.460. The highest BCUT2D eigenvalue weighted by molar-refractivity contribution is 7.89. The maximum atomic E-state index is 13.0. The van der Waals surface area contributed by atoms with Crippen molar-refractivity contribution in [2.45, 2.75) is 19.9 Å². The van der Waals surface area contributed by atoms with Crippen LogP contribution < -0.4 is 14.9 Å². The maximum absolute atomic E-state index is 13.0. The van der Waals surface area contributed by atoms with Gasteiger partial charge < -0.3 is 15.1 Å². The minimum absolute atomic E-state index is 0.000254. The fourth-order valence-electron chi connectivity index (χ4n) is 2.88. The fourth-order valence-corrected chi connectivity index (χ4v) is 4.08. The highest BCUT2D eigenvalue weighted by atomic mass is 32.2. The molecule has 1 saturated heterocycles. The van der Waals surface area contributed by atoms with Crippen LogP contribution in [0.2, 0.25) is 0 Å². The van der Waals surface area contributed by atoms with Gasteiger partial charge in [0.2, 0.25) is 10.0 Å². The lowest BCUT2D eigenvalue weighted by Crippen LogP contribution is -2.53. The summed E-state index contributed by atoms with van der Waals surface area (Å²) in [5.41, 5.74) is 1.000. The van der Waals surface area contributed by atoms with E-state index < -0.39 is 10.0 Å². The molecule has 0 radical (unpaired) electrons. The van der Waals surface area contributed by atoms with E-state index in [1.54, 1.807) is 33.0 Å². The number of nitrogens with zero attached hydrogens (tertiary/aromatic N) is 3. The van der Waals surface area contributed by atoms with Crippen LogP contribution in [0.25, 0.3) is 0 Å². The summed E-state index contributed by atoms with van der Waals surface area (Å²) in [5, 5.41) is 3.12. The van der Waals surface area contributed by atoms with Gasteiger partial charge in [-0.05, 0) is 38.1 Å². The molecule has 7 nitrogen and oxygen atoms in total. The lowest BCUT2D eigenvalue weighted by atomic mass is 10.2. The van der Waals surface area contributed by atoms with Gasteiger partial charge in [0.25, 0.3) is 0 Å². The number of sulfonamides is 1. The van der Waals surface area contributed by atoms with E-state index in [1.165, 1.54) is 12.1 Å². The molecule has 0 aromatic heterocycles. The van der Waals surface area contributed by atoms with Gasteiger partial charge in [0.1, 0.15) is 5.82 Å². The molecule has 1 aromatic rings. The van der Waals surface area contributed by atoms with Crippen LogP contribution in [0.1, 0.15) is 13.8 Å². The highest BCUT2D eigenvalue weighted by Crippen LogP contribution is 2.16. The Morgan fingerprint density at radius 3 is 2.35 bits per heavy atom. The fraction of sp³-hybridized carbons (Fsp3) is 0.588. The van der Waals surface area contributed by atoms with Gasteiger partial charge in [0.15, 0.2) is 5.96 Å². The molecule has 2 N–H and O–H groups in total. The van der Waals surface area contributed by atoms with E-state index in [9.17, 15) is 12.8 Å². The van der Waals surface area contributed by atoms with E-state index in [-0.39, 0.29) is 17.6 Å². The van der Waals surface area contributed by atoms with Crippen molar-refractivity contribution in [2.75, 3.05) is 50.4 Å². The summed E-state index contributed by atoms with van der Waals surface area (Å²) in [6.07, 6.45) is 0. The number of piperazine rings is 1. The van der Waals surface area contributed by atoms with Gasteiger partial charge in [-0.15, -0.1) is 0 Å². The van der Waals surface area contributed by atoms with Crippen LogP contribution in [0.15, 0.2) is 29.3 Å². The maximum Gasteiger partial charge on any atom is 0.213 e. The van der Waals surface area contributed by atoms with E-state index in [1.807, 2.05) is 0 Å². The topological polar surface area (TPSA) is 77.0 Å². The Hall–Kier alpha value is -1.87. The SMILES string of the molecule is CN=C(NCCS(=O)(=O)NC(C)C)N1CCN(c2ccc(F)cc2)CC1. The van der Waals surface area contributed by atoms with Gasteiger partial charge in [-0.3, -0.25) is 4.99 Å². The average Bonchev–Trinajstić information content (AvgIpc) is 2.58. The van der Waals surface area contributed by atoms with Crippen molar-refractivity contribution in [1.82, 2.24) is 14.9 Å². The molecule has 9 heteroatoms. The zero-order chi connectivity index (χ0) is 19.2. The van der Waals surface area contributed by atoms with Crippen molar-refractivity contribution in [3.63, 3.8) is 0 Å². The third-order valence-corrected chi connectivity index (χ3v) is 5.62. The molecule has 1 aromatic carbocycles. The van der Waals surface area contributed by atoms with E-state index in [0.29, 0.717) is 12.5 Å². The molecule has 0 bridgehead atoms. The van der Waals surface area contributed by atoms with E-state index in [0.717, 1.165) is 31.9 Å². The summed E-state index contributed by atoms with van der Waals surface area (Å²) < 4.78 is 39.4. The van der Waals surface area contributed by atoms with E-state index >= 15 is 0 Å². The summed E-state index contributed by atoms with van der Waals surface area (Å²) >= 11 is 0. The number of guanidine groups is 1. The number of benzene rings is 1. The molecule has 0 unspecified atom stereocenters. The molecule has 1 aliphatic heterocycles. The Labute approximate surface area is 155 Å². The molecule has 1 aliphatic rings. The number of rotatable bonds is 6. The van der Waals surface area contributed by atoms with Crippen LogP contribution in [0, 0.1) is 5.82 Å². The first kappa shape index (κ1) is 20.4. The molecule has 2 rings (SSSR count). The van der Waals surface area contributed by atoms with Crippen LogP contribution in [0.4, 0.5) is 10.1 Å². The molecular formula is C17H28FN5O2S. The molecule has 1 heterocycles. The Kier molecular flexibility index (Phi) is 7.22. The minimum Gasteiger partial charge on any atom is -0.368 e. The van der Waals surface area contributed by atoms with Crippen LogP contribution in [-0.4, -0.2) is 70.8 Å². The third kappa shape index (κ3) is 6.14. The van der Waals surface area contributed by atoms with Crippen LogP contribution >= 0.6 is 0 Å². The largest absolute Gasteiger partial charge is 0.368 e. The molecule has 0 amide bonds. The quantitative estimate of drug-likeness (QED) is 0.561. The third-order valence-electron chi connectivity index (χ3n) is 4.05. The monoisotopic (exact) mass is 385 g/mol. The Morgan fingerprint density at radius 1 is 1.19 bits per heavy atom. The number of hydrogen-bond donors (Lipinski definition) is 2. The summed E-state index contributed by atoms with van der Waals surface area (Å²) in [7, 11) is -1.60. The van der Waals surface area contributed by atoms with Crippen molar-refractivity contribution in [3.8, 4) is 0 Å². The van der Waals surface area contributed by atoms with Gasteiger partial charge in [0, 0.05) is 51.5 Å². The van der Waals surface area contributed by atoms with Crippen molar-refractivity contribution in [2.24, 2.45) is 4.99 Å². The Morgan fingerprint density at radius 2 is 1.81 bits per heavy atom. The van der Waals surface area contributed by atoms with Gasteiger partial charge in [0.05, 0.1) is 5.75 Å². The lowest BCUT2D eigenvalue weighted by Gasteiger charge is -2.37. The molecule has 0 atom stereocenters. The molecule has 146 valence electrons. The smallest absolute Gasteiger partial charge is 0.213 e. The number of hydrogen-bond acceptors (Lipinski definition) is 4. The van der Waals surface area contributed by atoms with Crippen molar-refractivity contribution in [1.29, 1.82) is 0 Å². The second-order valence-corrected chi connectivity index (χ2v) is 8.39. The Balaban J connectivity index is 1.82. The van der Waals surface area contributed by atoms with Gasteiger partial charge >= 0.3 is 0 Å². The first-order valence-corrected chi connectivity index (χ1v) is 10.4. The number of anilines is 1. The predicted octanol–water partition coefficient (Wildman–Crippen LogP) is 0.851. The molecule has 1 fully saturated rings. The first-order valence-electron chi connectivity index (χ1n) is 8.77. The van der Waals surface area contributed by atoms with E-state index in [4.69, 9.17) is 0 Å². The summed E-state index contributed by atoms with van der Waals surface area (Å²) in [6, 6.07) is 6.38. The zero-order valence-electron chi connectivity index (χ0n) is 15.6. The van der Waals surface area contributed by atoms with Crippen LogP contribution in [0.5, 0.6) is 0 Å². The van der Waals surface area contributed by atoms with Gasteiger partial charge in [-0.2, -0.15) is 0 Å². The summed E-state index contributed by atoms with van der Waals surface area (Å²) in [4.78, 5) is 8.54. The molecule has 26 heavy (non-hydrogen) atoms. The minimum atomic E-state index is -3.29. The average molecular weight is 386 g/mol. The lowest BCUT2D eigenvalue weighted by molar-refractivity contribution is 0.373. The van der Waals surface area contributed by atoms with Crippen LogP contribution in [0.3, 0.4) is 0 Å². The number of nitrogens with one attached hydrogen (secondary N) is 2. The second kappa shape index (κ2) is 9.18. The highest BCUT2D eigenvalue weighted by Gasteiger charge is 2.20. The van der Waals surface area contributed by atoms with Crippen molar-refractivity contribution >= 4 is 21.7 Å². The van der Waals surface area contributed by atoms with Crippen molar-refractivity contribution in [3.05, 3.63) is 30.1 Å². The number of halogens is 1. The van der Waals surface area contributed by atoms with Gasteiger partial charge in [-0.25, -0.2) is 17.5 Å². The standard InChI is InChI=1S/C17H28FN5O2S/c1-14(2)21-26(24,25)13-8-20-17(19-3)23-11-9-22(10-12-23)16-6-4-15(18)5-7-16/h4-7,14,21H,8-13H2,1-3H3,(H,19,20). The molecular weight excluding hydrogens is 357 g/mol. The second-order valence-electron chi connectivity index (χ2n) is 6.52. The first-order chi connectivity index (χ1) is 12.3. The normalized spacial score (nSPS) is 16.3. The summed E-state index contributed by atoms with van der Waals surface area (Å²) in [6.45, 7) is 6.99. The predicted molar refractivity (Wildman–Crippen MR) is 104 cm³/mol. The molecule has 0 aliphatic carbocycles. The molecule has 0 saturated carbocycles. The molecule has 0 spiro atoms. The Bertz CT molecular complexity index is 698. The van der Waals surface area contributed by atoms with Crippen LogP contribution in [-0.2, 0) is 10.0 Å².